The number of aromatic amines is 1. The highest BCUT2D eigenvalue weighted by Gasteiger charge is 2.31. The molecule has 0 amide bonds. The number of rotatable bonds is 1. The van der Waals surface area contributed by atoms with Crippen LogP contribution in [0.5, 0.6) is 0 Å². The van der Waals surface area contributed by atoms with E-state index in [2.05, 4.69) is 10.1 Å². The molecule has 0 bridgehead atoms. The van der Waals surface area contributed by atoms with Gasteiger partial charge in [0.2, 0.25) is 0 Å². The Balaban J connectivity index is 2.17. The SMILES string of the molecule is Cc1c(C2OC(C)O2)cn2nc[nH]c(=O)c12. The summed E-state index contributed by atoms with van der Waals surface area (Å²) in [5.74, 6) is 0. The summed E-state index contributed by atoms with van der Waals surface area (Å²) in [5, 5.41) is 4.03. The van der Waals surface area contributed by atoms with E-state index in [-0.39, 0.29) is 18.1 Å². The van der Waals surface area contributed by atoms with Gasteiger partial charge in [0, 0.05) is 11.8 Å². The van der Waals surface area contributed by atoms with E-state index in [4.69, 9.17) is 9.47 Å². The molecular formula is C10H11N3O3. The molecule has 1 aliphatic rings. The largest absolute Gasteiger partial charge is 0.319 e. The summed E-state index contributed by atoms with van der Waals surface area (Å²) in [7, 11) is 0. The molecule has 3 heterocycles. The van der Waals surface area contributed by atoms with Crippen molar-refractivity contribution in [2.45, 2.75) is 26.4 Å². The van der Waals surface area contributed by atoms with Gasteiger partial charge < -0.3 is 14.5 Å². The van der Waals surface area contributed by atoms with Crippen molar-refractivity contribution in [2.24, 2.45) is 0 Å². The van der Waals surface area contributed by atoms with Crippen LogP contribution in [0, 0.1) is 6.92 Å². The predicted molar refractivity (Wildman–Crippen MR) is 54.9 cm³/mol. The first kappa shape index (κ1) is 9.56. The van der Waals surface area contributed by atoms with Gasteiger partial charge in [-0.2, -0.15) is 5.10 Å². The van der Waals surface area contributed by atoms with E-state index in [1.807, 2.05) is 13.8 Å². The fraction of sp³-hybridized carbons (Fsp3) is 0.400. The molecular weight excluding hydrogens is 210 g/mol. The van der Waals surface area contributed by atoms with Gasteiger partial charge in [-0.05, 0) is 19.4 Å². The number of aromatic nitrogens is 3. The lowest BCUT2D eigenvalue weighted by atomic mass is 10.2. The molecule has 0 atom stereocenters. The van der Waals surface area contributed by atoms with Crippen LogP contribution in [0.4, 0.5) is 0 Å². The van der Waals surface area contributed by atoms with Crippen LogP contribution < -0.4 is 5.56 Å². The number of H-pyrrole nitrogens is 1. The minimum atomic E-state index is -0.379. The van der Waals surface area contributed by atoms with Crippen LogP contribution in [-0.2, 0) is 9.47 Å². The number of aryl methyl sites for hydroxylation is 1. The van der Waals surface area contributed by atoms with Crippen molar-refractivity contribution in [3.05, 3.63) is 34.0 Å². The second-order valence-electron chi connectivity index (χ2n) is 3.79. The summed E-state index contributed by atoms with van der Waals surface area (Å²) in [5.41, 5.74) is 2.06. The maximum Gasteiger partial charge on any atom is 0.275 e. The Bertz CT molecular complexity index is 595. The van der Waals surface area contributed by atoms with Gasteiger partial charge >= 0.3 is 0 Å². The topological polar surface area (TPSA) is 68.6 Å². The monoisotopic (exact) mass is 221 g/mol. The van der Waals surface area contributed by atoms with Gasteiger partial charge in [-0.15, -0.1) is 0 Å². The normalized spacial score (nSPS) is 24.6. The number of fused-ring (bicyclic) bond motifs is 1. The summed E-state index contributed by atoms with van der Waals surface area (Å²) < 4.78 is 12.3. The van der Waals surface area contributed by atoms with Gasteiger partial charge in [-0.3, -0.25) is 4.79 Å². The highest BCUT2D eigenvalue weighted by Crippen LogP contribution is 2.34. The third kappa shape index (κ3) is 1.20. The van der Waals surface area contributed by atoms with E-state index in [0.717, 1.165) is 11.1 Å². The average molecular weight is 221 g/mol. The van der Waals surface area contributed by atoms with Gasteiger partial charge in [0.05, 0.1) is 0 Å². The zero-order valence-corrected chi connectivity index (χ0v) is 8.93. The molecule has 0 spiro atoms. The molecule has 84 valence electrons. The molecule has 1 N–H and O–H groups in total. The van der Waals surface area contributed by atoms with Crippen molar-refractivity contribution < 1.29 is 9.47 Å². The van der Waals surface area contributed by atoms with Crippen LogP contribution in [0.25, 0.3) is 5.52 Å². The van der Waals surface area contributed by atoms with E-state index in [1.165, 1.54) is 6.33 Å². The summed E-state index contributed by atoms with van der Waals surface area (Å²) in [6.45, 7) is 3.68. The molecule has 16 heavy (non-hydrogen) atoms. The molecule has 6 nitrogen and oxygen atoms in total. The molecule has 0 saturated carbocycles. The molecule has 6 heteroatoms. The summed E-state index contributed by atoms with van der Waals surface area (Å²) in [6.07, 6.45) is 2.56. The predicted octanol–water partition coefficient (Wildman–Crippen LogP) is 0.722. The number of hydrogen-bond donors (Lipinski definition) is 1. The van der Waals surface area contributed by atoms with E-state index in [1.54, 1.807) is 10.7 Å². The molecule has 2 aromatic heterocycles. The first-order valence-electron chi connectivity index (χ1n) is 5.03. The Hall–Kier alpha value is -1.66. The zero-order chi connectivity index (χ0) is 11.3. The minimum absolute atomic E-state index is 0.161. The molecule has 0 aromatic carbocycles. The van der Waals surface area contributed by atoms with Gasteiger partial charge in [-0.1, -0.05) is 0 Å². The standard InChI is InChI=1S/C10H11N3O3/c1-5-7(10-15-6(2)16-10)3-13-8(5)9(14)11-4-12-13/h3-4,6,10H,1-2H3,(H,11,12,14). The summed E-state index contributed by atoms with van der Waals surface area (Å²) in [6, 6.07) is 0. The number of nitrogens with one attached hydrogen (secondary N) is 1. The Morgan fingerprint density at radius 3 is 2.88 bits per heavy atom. The van der Waals surface area contributed by atoms with Gasteiger partial charge in [0.1, 0.15) is 11.8 Å². The van der Waals surface area contributed by atoms with Gasteiger partial charge in [0.25, 0.3) is 5.56 Å². The highest BCUT2D eigenvalue weighted by molar-refractivity contribution is 5.56. The van der Waals surface area contributed by atoms with Crippen molar-refractivity contribution >= 4 is 5.52 Å². The van der Waals surface area contributed by atoms with Crippen LogP contribution >= 0.6 is 0 Å². The average Bonchev–Trinajstić information content (AvgIpc) is 2.53. The van der Waals surface area contributed by atoms with Gasteiger partial charge in [0.15, 0.2) is 12.6 Å². The van der Waals surface area contributed by atoms with E-state index < -0.39 is 0 Å². The van der Waals surface area contributed by atoms with Crippen LogP contribution in [0.2, 0.25) is 0 Å². The molecule has 0 radical (unpaired) electrons. The van der Waals surface area contributed by atoms with Gasteiger partial charge in [-0.25, -0.2) is 4.52 Å². The van der Waals surface area contributed by atoms with Crippen molar-refractivity contribution in [3.8, 4) is 0 Å². The first-order chi connectivity index (χ1) is 7.66. The quantitative estimate of drug-likeness (QED) is 0.770. The second-order valence-corrected chi connectivity index (χ2v) is 3.79. The molecule has 1 fully saturated rings. The van der Waals surface area contributed by atoms with Crippen LogP contribution in [-0.4, -0.2) is 20.9 Å². The lowest BCUT2D eigenvalue weighted by Gasteiger charge is -2.33. The fourth-order valence-corrected chi connectivity index (χ4v) is 1.93. The lowest BCUT2D eigenvalue weighted by Crippen LogP contribution is -2.31. The molecule has 1 saturated heterocycles. The number of hydrogen-bond acceptors (Lipinski definition) is 4. The van der Waals surface area contributed by atoms with E-state index >= 15 is 0 Å². The third-order valence-corrected chi connectivity index (χ3v) is 2.76. The summed E-state index contributed by atoms with van der Waals surface area (Å²) >= 11 is 0. The molecule has 1 aliphatic heterocycles. The van der Waals surface area contributed by atoms with Crippen LogP contribution in [0.3, 0.4) is 0 Å². The van der Waals surface area contributed by atoms with Crippen LogP contribution in [0.1, 0.15) is 24.3 Å². The smallest absolute Gasteiger partial charge is 0.275 e. The van der Waals surface area contributed by atoms with Crippen LogP contribution in [0.15, 0.2) is 17.3 Å². The Kier molecular flexibility index (Phi) is 1.89. The summed E-state index contributed by atoms with van der Waals surface area (Å²) in [4.78, 5) is 14.2. The number of ether oxygens (including phenoxy) is 2. The Morgan fingerprint density at radius 2 is 2.25 bits per heavy atom. The van der Waals surface area contributed by atoms with Crippen molar-refractivity contribution in [3.63, 3.8) is 0 Å². The molecule has 0 unspecified atom stereocenters. The maximum absolute atomic E-state index is 11.6. The fourth-order valence-electron chi connectivity index (χ4n) is 1.93. The third-order valence-electron chi connectivity index (χ3n) is 2.76. The molecule has 3 rings (SSSR count). The first-order valence-corrected chi connectivity index (χ1v) is 5.03. The van der Waals surface area contributed by atoms with Crippen molar-refractivity contribution in [1.82, 2.24) is 14.6 Å². The highest BCUT2D eigenvalue weighted by atomic mass is 16.9. The van der Waals surface area contributed by atoms with E-state index in [9.17, 15) is 4.79 Å². The molecule has 2 aromatic rings. The van der Waals surface area contributed by atoms with Crippen molar-refractivity contribution in [1.29, 1.82) is 0 Å². The zero-order valence-electron chi connectivity index (χ0n) is 8.93. The Labute approximate surface area is 90.8 Å². The lowest BCUT2D eigenvalue weighted by molar-refractivity contribution is -0.382. The maximum atomic E-state index is 11.6. The Morgan fingerprint density at radius 1 is 1.50 bits per heavy atom. The van der Waals surface area contributed by atoms with Crippen molar-refractivity contribution in [2.75, 3.05) is 0 Å². The second kappa shape index (κ2) is 3.16. The molecule has 0 aliphatic carbocycles. The van der Waals surface area contributed by atoms with E-state index in [0.29, 0.717) is 5.52 Å². The number of nitrogens with zero attached hydrogens (tertiary/aromatic N) is 2. The minimum Gasteiger partial charge on any atom is -0.319 e.